The molecule has 0 spiro atoms. The van der Waals surface area contributed by atoms with Gasteiger partial charge in [-0.05, 0) is 65.2 Å². The van der Waals surface area contributed by atoms with Crippen LogP contribution in [0.2, 0.25) is 0 Å². The lowest BCUT2D eigenvalue weighted by molar-refractivity contribution is -0.122. The molecule has 1 amide bonds. The third kappa shape index (κ3) is 6.58. The van der Waals surface area contributed by atoms with Gasteiger partial charge in [0, 0.05) is 23.9 Å². The summed E-state index contributed by atoms with van der Waals surface area (Å²) in [6.07, 6.45) is 8.28. The normalized spacial score (nSPS) is 14.3. The van der Waals surface area contributed by atoms with Crippen LogP contribution in [0.25, 0.3) is 33.8 Å². The van der Waals surface area contributed by atoms with Crippen molar-refractivity contribution in [2.75, 3.05) is 6.54 Å². The van der Waals surface area contributed by atoms with Gasteiger partial charge in [0.15, 0.2) is 0 Å². The molecule has 0 radical (unpaired) electrons. The zero-order valence-electron chi connectivity index (χ0n) is 24.1. The van der Waals surface area contributed by atoms with Crippen molar-refractivity contribution in [1.82, 2.24) is 14.7 Å². The number of fused-ring (bicyclic) bond motifs is 1. The van der Waals surface area contributed by atoms with Crippen LogP contribution in [-0.2, 0) is 11.4 Å². The highest BCUT2D eigenvalue weighted by atomic mass is 32.2. The number of carbonyl (C=O) groups excluding carboxylic acids is 1. The minimum Gasteiger partial charge on any atom is -0.489 e. The molecule has 4 aromatic carbocycles. The fourth-order valence-electron chi connectivity index (χ4n) is 5.25. The van der Waals surface area contributed by atoms with Crippen LogP contribution >= 0.6 is 24.0 Å². The lowest BCUT2D eigenvalue weighted by Crippen LogP contribution is -2.29. The van der Waals surface area contributed by atoms with Crippen molar-refractivity contribution in [2.24, 2.45) is 0 Å². The number of para-hydroxylation sites is 1. The van der Waals surface area contributed by atoms with E-state index in [0.717, 1.165) is 53.1 Å². The Hall–Kier alpha value is -4.20. The Morgan fingerprint density at radius 1 is 0.884 bits per heavy atom. The molecular formula is C36H33N3O2S2. The van der Waals surface area contributed by atoms with Gasteiger partial charge in [0.25, 0.3) is 5.91 Å². The molecule has 0 N–H and O–H groups in total. The summed E-state index contributed by atoms with van der Waals surface area (Å²) in [7, 11) is 0. The van der Waals surface area contributed by atoms with Crippen LogP contribution in [0.3, 0.4) is 0 Å². The molecule has 6 rings (SSSR count). The summed E-state index contributed by atoms with van der Waals surface area (Å²) in [6.45, 7) is 3.33. The summed E-state index contributed by atoms with van der Waals surface area (Å²) in [5, 5.41) is 7.35. The van der Waals surface area contributed by atoms with Crippen LogP contribution in [0, 0.1) is 0 Å². The van der Waals surface area contributed by atoms with E-state index in [4.69, 9.17) is 22.1 Å². The van der Waals surface area contributed by atoms with Crippen LogP contribution in [0.4, 0.5) is 0 Å². The predicted molar refractivity (Wildman–Crippen MR) is 181 cm³/mol. The van der Waals surface area contributed by atoms with Crippen molar-refractivity contribution in [3.8, 4) is 22.7 Å². The second-order valence-corrected chi connectivity index (χ2v) is 12.2. The van der Waals surface area contributed by atoms with Gasteiger partial charge < -0.3 is 4.74 Å². The largest absolute Gasteiger partial charge is 0.489 e. The van der Waals surface area contributed by atoms with Crippen molar-refractivity contribution in [2.45, 2.75) is 39.2 Å². The van der Waals surface area contributed by atoms with Gasteiger partial charge in [0.05, 0.1) is 16.3 Å². The van der Waals surface area contributed by atoms with Gasteiger partial charge in [-0.25, -0.2) is 4.68 Å². The highest BCUT2D eigenvalue weighted by Gasteiger charge is 2.32. The number of nitrogens with zero attached hydrogens (tertiary/aromatic N) is 3. The number of thioether (sulfide) groups is 1. The van der Waals surface area contributed by atoms with Gasteiger partial charge in [0.1, 0.15) is 16.7 Å². The molecule has 7 heteroatoms. The molecule has 1 aromatic heterocycles. The van der Waals surface area contributed by atoms with Gasteiger partial charge in [-0.15, -0.1) is 0 Å². The van der Waals surface area contributed by atoms with E-state index < -0.39 is 0 Å². The van der Waals surface area contributed by atoms with Crippen LogP contribution in [-0.4, -0.2) is 31.5 Å². The Kier molecular flexibility index (Phi) is 9.01. The van der Waals surface area contributed by atoms with E-state index in [-0.39, 0.29) is 5.91 Å². The molecule has 0 unspecified atom stereocenters. The smallest absolute Gasteiger partial charge is 0.266 e. The Bertz CT molecular complexity index is 1770. The van der Waals surface area contributed by atoms with Crippen LogP contribution < -0.4 is 4.74 Å². The zero-order chi connectivity index (χ0) is 29.6. The summed E-state index contributed by atoms with van der Waals surface area (Å²) in [4.78, 5) is 15.7. The molecule has 1 aliphatic rings. The van der Waals surface area contributed by atoms with Crippen molar-refractivity contribution in [1.29, 1.82) is 0 Å². The molecule has 0 saturated carbocycles. The van der Waals surface area contributed by atoms with Crippen molar-refractivity contribution in [3.05, 3.63) is 119 Å². The second kappa shape index (κ2) is 13.4. The zero-order valence-corrected chi connectivity index (χ0v) is 25.7. The number of hydrogen-bond donors (Lipinski definition) is 0. The molecule has 0 aliphatic carbocycles. The number of carbonyl (C=O) groups is 1. The number of hydrogen-bond acceptors (Lipinski definition) is 5. The third-order valence-corrected chi connectivity index (χ3v) is 8.94. The average molecular weight is 604 g/mol. The summed E-state index contributed by atoms with van der Waals surface area (Å²) in [5.74, 6) is 0.756. The number of amides is 1. The Morgan fingerprint density at radius 2 is 1.65 bits per heavy atom. The maximum absolute atomic E-state index is 13.3. The maximum atomic E-state index is 13.3. The van der Waals surface area contributed by atoms with Gasteiger partial charge in [-0.2, -0.15) is 5.10 Å². The van der Waals surface area contributed by atoms with Gasteiger partial charge >= 0.3 is 0 Å². The fraction of sp³-hybridized carbons (Fsp3) is 0.194. The number of unbranched alkanes of at least 4 members (excludes halogenated alkanes) is 3. The van der Waals surface area contributed by atoms with E-state index in [0.29, 0.717) is 22.4 Å². The summed E-state index contributed by atoms with van der Waals surface area (Å²) < 4.78 is 8.66. The topological polar surface area (TPSA) is 47.4 Å². The number of aromatic nitrogens is 2. The predicted octanol–water partition coefficient (Wildman–Crippen LogP) is 9.05. The number of benzene rings is 4. The Balaban J connectivity index is 1.25. The van der Waals surface area contributed by atoms with Crippen LogP contribution in [0.15, 0.2) is 108 Å². The summed E-state index contributed by atoms with van der Waals surface area (Å²) in [6, 6.07) is 32.6. The minimum atomic E-state index is -0.0258. The van der Waals surface area contributed by atoms with Crippen LogP contribution in [0.1, 0.15) is 43.7 Å². The van der Waals surface area contributed by atoms with Gasteiger partial charge in [-0.1, -0.05) is 111 Å². The Labute approximate surface area is 262 Å². The molecule has 216 valence electrons. The monoisotopic (exact) mass is 603 g/mol. The van der Waals surface area contributed by atoms with Gasteiger partial charge in [-0.3, -0.25) is 9.69 Å². The third-order valence-electron chi connectivity index (χ3n) is 7.56. The molecule has 1 aliphatic heterocycles. The first-order valence-electron chi connectivity index (χ1n) is 14.7. The van der Waals surface area contributed by atoms with Crippen molar-refractivity contribution in [3.63, 3.8) is 0 Å². The maximum Gasteiger partial charge on any atom is 0.266 e. The lowest BCUT2D eigenvalue weighted by atomic mass is 10.1. The minimum absolute atomic E-state index is 0.0258. The van der Waals surface area contributed by atoms with E-state index in [1.165, 1.54) is 29.0 Å². The standard InChI is InChI=1S/C36H33N3O2S2/c1-2-3-4-10-22-38-35(40)33(43-36(38)42)23-29-24-39(30-15-6-5-7-16-30)37-34(29)27-18-20-31(21-19-27)41-25-28-14-11-13-26-12-8-9-17-32(26)28/h5-9,11-21,23-24H,2-4,10,22,25H2,1H3. The first-order valence-corrected chi connectivity index (χ1v) is 15.9. The molecule has 0 bridgehead atoms. The Morgan fingerprint density at radius 3 is 2.47 bits per heavy atom. The lowest BCUT2D eigenvalue weighted by Gasteiger charge is -2.13. The van der Waals surface area contributed by atoms with E-state index >= 15 is 0 Å². The second-order valence-electron chi connectivity index (χ2n) is 10.6. The molecule has 1 saturated heterocycles. The van der Waals surface area contributed by atoms with Crippen LogP contribution in [0.5, 0.6) is 5.75 Å². The highest BCUT2D eigenvalue weighted by molar-refractivity contribution is 8.26. The molecule has 43 heavy (non-hydrogen) atoms. The fourth-order valence-corrected chi connectivity index (χ4v) is 6.55. The summed E-state index contributed by atoms with van der Waals surface area (Å²) >= 11 is 6.96. The molecule has 5 aromatic rings. The summed E-state index contributed by atoms with van der Waals surface area (Å²) in [5.41, 5.74) is 4.68. The first kappa shape index (κ1) is 28.9. The van der Waals surface area contributed by atoms with E-state index in [1.807, 2.05) is 71.6 Å². The van der Waals surface area contributed by atoms with Crippen molar-refractivity contribution < 1.29 is 9.53 Å². The number of thiocarbonyl (C=S) groups is 1. The number of rotatable bonds is 11. The van der Waals surface area contributed by atoms with Gasteiger partial charge in [0.2, 0.25) is 0 Å². The molecule has 1 fully saturated rings. The number of ether oxygens (including phenoxy) is 1. The molecule has 0 atom stereocenters. The highest BCUT2D eigenvalue weighted by Crippen LogP contribution is 2.35. The molecular weight excluding hydrogens is 571 g/mol. The van der Waals surface area contributed by atoms with E-state index in [1.54, 1.807) is 4.90 Å². The molecule has 2 heterocycles. The van der Waals surface area contributed by atoms with E-state index in [9.17, 15) is 4.79 Å². The average Bonchev–Trinajstić information content (AvgIpc) is 3.58. The molecule has 5 nitrogen and oxygen atoms in total. The van der Waals surface area contributed by atoms with E-state index in [2.05, 4.69) is 49.4 Å². The van der Waals surface area contributed by atoms with Crippen molar-refractivity contribution >= 4 is 51.1 Å². The SMILES string of the molecule is CCCCCCN1C(=O)C(=Cc2cn(-c3ccccc3)nc2-c2ccc(OCc3cccc4ccccc34)cc2)SC1=S. The first-order chi connectivity index (χ1) is 21.1. The quantitative estimate of drug-likeness (QED) is 0.0856.